The number of para-hydroxylation sites is 1. The molecule has 4 nitrogen and oxygen atoms in total. The fourth-order valence-electron chi connectivity index (χ4n) is 2.66. The van der Waals surface area contributed by atoms with Crippen molar-refractivity contribution in [3.05, 3.63) is 51.1 Å². The molecule has 21 heavy (non-hydrogen) atoms. The minimum absolute atomic E-state index is 0.0389. The molecule has 0 fully saturated rings. The summed E-state index contributed by atoms with van der Waals surface area (Å²) in [5.41, 5.74) is 1.78. The Kier molecular flexibility index (Phi) is 3.75. The van der Waals surface area contributed by atoms with Crippen LogP contribution < -0.4 is 4.90 Å². The highest BCUT2D eigenvalue weighted by atomic mass is 127. The first-order valence-electron chi connectivity index (χ1n) is 6.69. The minimum atomic E-state index is -0.284. The van der Waals surface area contributed by atoms with Crippen LogP contribution in [0.3, 0.4) is 0 Å². The number of amides is 1. The highest BCUT2D eigenvalue weighted by Gasteiger charge is 2.27. The maximum Gasteiger partial charge on any atom is 0.262 e. The SMILES string of the molecule is O=C(c1cc(I)ccc1O)N1CCCc2cccc(O)c21. The van der Waals surface area contributed by atoms with Crippen LogP contribution in [-0.2, 0) is 6.42 Å². The van der Waals surface area contributed by atoms with Crippen LogP contribution in [0.25, 0.3) is 0 Å². The van der Waals surface area contributed by atoms with Crippen LogP contribution >= 0.6 is 22.6 Å². The number of nitrogens with zero attached hydrogens (tertiary/aromatic N) is 1. The van der Waals surface area contributed by atoms with E-state index in [0.717, 1.165) is 22.0 Å². The number of phenolic OH excluding ortho intramolecular Hbond substituents is 2. The Morgan fingerprint density at radius 2 is 1.95 bits per heavy atom. The molecule has 1 amide bonds. The topological polar surface area (TPSA) is 60.8 Å². The Labute approximate surface area is 136 Å². The number of phenols is 2. The number of benzene rings is 2. The first-order chi connectivity index (χ1) is 10.1. The highest BCUT2D eigenvalue weighted by molar-refractivity contribution is 14.1. The highest BCUT2D eigenvalue weighted by Crippen LogP contribution is 2.37. The van der Waals surface area contributed by atoms with Gasteiger partial charge < -0.3 is 15.1 Å². The molecule has 5 heteroatoms. The van der Waals surface area contributed by atoms with Gasteiger partial charge in [-0.15, -0.1) is 0 Å². The van der Waals surface area contributed by atoms with E-state index in [0.29, 0.717) is 12.2 Å². The zero-order valence-corrected chi connectivity index (χ0v) is 13.4. The number of fused-ring (bicyclic) bond motifs is 1. The lowest BCUT2D eigenvalue weighted by atomic mass is 10.00. The number of aryl methyl sites for hydroxylation is 1. The molecule has 0 spiro atoms. The van der Waals surface area contributed by atoms with E-state index in [1.54, 1.807) is 29.2 Å². The molecule has 2 aromatic rings. The Morgan fingerprint density at radius 1 is 1.14 bits per heavy atom. The third-order valence-electron chi connectivity index (χ3n) is 3.63. The molecule has 1 aliphatic rings. The summed E-state index contributed by atoms with van der Waals surface area (Å²) in [6, 6.07) is 10.2. The van der Waals surface area contributed by atoms with Crippen molar-refractivity contribution >= 4 is 34.2 Å². The molecular formula is C16H14INO3. The second kappa shape index (κ2) is 5.55. The van der Waals surface area contributed by atoms with Gasteiger partial charge in [-0.05, 0) is 65.3 Å². The van der Waals surface area contributed by atoms with Crippen molar-refractivity contribution in [2.45, 2.75) is 12.8 Å². The van der Waals surface area contributed by atoms with Gasteiger partial charge in [0.1, 0.15) is 11.5 Å². The summed E-state index contributed by atoms with van der Waals surface area (Å²) >= 11 is 2.10. The third kappa shape index (κ3) is 2.57. The van der Waals surface area contributed by atoms with Crippen LogP contribution in [0.5, 0.6) is 11.5 Å². The summed E-state index contributed by atoms with van der Waals surface area (Å²) in [5, 5.41) is 20.0. The van der Waals surface area contributed by atoms with Crippen LogP contribution in [0.15, 0.2) is 36.4 Å². The summed E-state index contributed by atoms with van der Waals surface area (Å²) in [6.07, 6.45) is 1.68. The Morgan fingerprint density at radius 3 is 2.76 bits per heavy atom. The standard InChI is InChI=1S/C16H14INO3/c17-11-6-7-13(19)12(9-11)16(21)18-8-2-4-10-3-1-5-14(20)15(10)18/h1,3,5-7,9,19-20H,2,4,8H2. The van der Waals surface area contributed by atoms with Crippen molar-refractivity contribution in [1.82, 2.24) is 0 Å². The number of hydrogen-bond acceptors (Lipinski definition) is 3. The lowest BCUT2D eigenvalue weighted by Gasteiger charge is -2.30. The molecule has 2 N–H and O–H groups in total. The van der Waals surface area contributed by atoms with Gasteiger partial charge >= 0.3 is 0 Å². The molecule has 3 rings (SSSR count). The van der Waals surface area contributed by atoms with Crippen LogP contribution in [0.1, 0.15) is 22.3 Å². The van der Waals surface area contributed by atoms with Gasteiger partial charge in [0.05, 0.1) is 11.3 Å². The van der Waals surface area contributed by atoms with Crippen LogP contribution in [0.4, 0.5) is 5.69 Å². The number of aromatic hydroxyl groups is 2. The zero-order chi connectivity index (χ0) is 15.0. The normalized spacial score (nSPS) is 13.9. The fraction of sp³-hybridized carbons (Fsp3) is 0.188. The van der Waals surface area contributed by atoms with Crippen molar-refractivity contribution in [2.75, 3.05) is 11.4 Å². The smallest absolute Gasteiger partial charge is 0.262 e. The van der Waals surface area contributed by atoms with Gasteiger partial charge in [-0.3, -0.25) is 4.79 Å². The Balaban J connectivity index is 2.06. The molecule has 0 radical (unpaired) electrons. The maximum atomic E-state index is 12.7. The predicted octanol–water partition coefficient (Wildman–Crippen LogP) is 3.30. The number of hydrogen-bond donors (Lipinski definition) is 2. The molecule has 0 atom stereocenters. The number of halogens is 1. The van der Waals surface area contributed by atoms with Gasteiger partial charge in [0.15, 0.2) is 0 Å². The molecule has 1 heterocycles. The van der Waals surface area contributed by atoms with Crippen molar-refractivity contribution < 1.29 is 15.0 Å². The first-order valence-corrected chi connectivity index (χ1v) is 7.77. The van der Waals surface area contributed by atoms with Gasteiger partial charge in [0, 0.05) is 10.1 Å². The van der Waals surface area contributed by atoms with E-state index in [2.05, 4.69) is 22.6 Å². The minimum Gasteiger partial charge on any atom is -0.507 e. The Hall–Kier alpha value is -1.76. The fourth-order valence-corrected chi connectivity index (χ4v) is 3.15. The summed E-state index contributed by atoms with van der Waals surface area (Å²) in [4.78, 5) is 14.3. The molecule has 0 saturated heterocycles. The maximum absolute atomic E-state index is 12.7. The molecule has 2 aromatic carbocycles. The first kappa shape index (κ1) is 14.2. The van der Waals surface area contributed by atoms with Crippen LogP contribution in [-0.4, -0.2) is 22.7 Å². The molecule has 0 aliphatic carbocycles. The Bertz CT molecular complexity index is 715. The molecule has 0 unspecified atom stereocenters. The summed E-state index contributed by atoms with van der Waals surface area (Å²) < 4.78 is 0.878. The predicted molar refractivity (Wildman–Crippen MR) is 88.9 cm³/mol. The van der Waals surface area contributed by atoms with Crippen LogP contribution in [0.2, 0.25) is 0 Å². The summed E-state index contributed by atoms with van der Waals surface area (Å²) in [5.74, 6) is -0.220. The molecule has 0 saturated carbocycles. The largest absolute Gasteiger partial charge is 0.507 e. The third-order valence-corrected chi connectivity index (χ3v) is 4.30. The second-order valence-corrected chi connectivity index (χ2v) is 6.25. The number of anilines is 1. The average molecular weight is 395 g/mol. The molecule has 1 aliphatic heterocycles. The van der Waals surface area contributed by atoms with Gasteiger partial charge in [0.2, 0.25) is 0 Å². The van der Waals surface area contributed by atoms with Gasteiger partial charge in [-0.2, -0.15) is 0 Å². The quantitative estimate of drug-likeness (QED) is 0.729. The van der Waals surface area contributed by atoms with Crippen molar-refractivity contribution in [3.8, 4) is 11.5 Å². The number of rotatable bonds is 1. The van der Waals surface area contributed by atoms with Crippen molar-refractivity contribution in [3.63, 3.8) is 0 Å². The van der Waals surface area contributed by atoms with E-state index in [1.165, 1.54) is 6.07 Å². The number of carbonyl (C=O) groups excluding carboxylic acids is 1. The molecule has 0 aromatic heterocycles. The summed E-state index contributed by atoms with van der Waals surface area (Å²) in [6.45, 7) is 0.536. The number of carbonyl (C=O) groups is 1. The van der Waals surface area contributed by atoms with Gasteiger partial charge in [0.25, 0.3) is 5.91 Å². The monoisotopic (exact) mass is 395 g/mol. The molecular weight excluding hydrogens is 381 g/mol. The molecule has 108 valence electrons. The van der Waals surface area contributed by atoms with E-state index in [1.807, 2.05) is 6.07 Å². The van der Waals surface area contributed by atoms with Crippen molar-refractivity contribution in [2.24, 2.45) is 0 Å². The van der Waals surface area contributed by atoms with E-state index in [9.17, 15) is 15.0 Å². The second-order valence-electron chi connectivity index (χ2n) is 5.01. The van der Waals surface area contributed by atoms with E-state index < -0.39 is 0 Å². The lowest BCUT2D eigenvalue weighted by Crippen LogP contribution is -2.35. The van der Waals surface area contributed by atoms with Crippen molar-refractivity contribution in [1.29, 1.82) is 0 Å². The van der Waals surface area contributed by atoms with Gasteiger partial charge in [-0.25, -0.2) is 0 Å². The molecule has 0 bridgehead atoms. The zero-order valence-electron chi connectivity index (χ0n) is 11.2. The van der Waals surface area contributed by atoms with E-state index in [-0.39, 0.29) is 23.0 Å². The summed E-state index contributed by atoms with van der Waals surface area (Å²) in [7, 11) is 0. The van der Waals surface area contributed by atoms with Gasteiger partial charge in [-0.1, -0.05) is 12.1 Å². The lowest BCUT2D eigenvalue weighted by molar-refractivity contribution is 0.0981. The van der Waals surface area contributed by atoms with Crippen LogP contribution in [0, 0.1) is 3.57 Å². The average Bonchev–Trinajstić information content (AvgIpc) is 2.49. The van der Waals surface area contributed by atoms with E-state index in [4.69, 9.17) is 0 Å². The van der Waals surface area contributed by atoms with E-state index >= 15 is 0 Å².